The molecule has 12 heteroatoms. The molecule has 0 aromatic heterocycles. The molecule has 3 amide bonds. The van der Waals surface area contributed by atoms with Crippen LogP contribution in [0.4, 0.5) is 0 Å². The molecule has 0 aliphatic rings. The van der Waals surface area contributed by atoms with Crippen LogP contribution < -0.4 is 21.7 Å². The fraction of sp³-hybridized carbons (Fsp3) is 0.429. The second-order valence-electron chi connectivity index (χ2n) is 9.81. The molecule has 0 fully saturated rings. The molecule has 0 spiro atoms. The van der Waals surface area contributed by atoms with Crippen molar-refractivity contribution in [3.8, 4) is 11.5 Å². The van der Waals surface area contributed by atoms with Gasteiger partial charge in [0.1, 0.15) is 29.6 Å². The Hall–Kier alpha value is -3.77. The molecule has 8 N–H and O–H groups in total. The third-order valence-electron chi connectivity index (χ3n) is 6.26. The topological polar surface area (TPSA) is 191 Å². The molecule has 40 heavy (non-hydrogen) atoms. The van der Waals surface area contributed by atoms with Crippen molar-refractivity contribution in [3.05, 3.63) is 59.7 Å². The predicted molar refractivity (Wildman–Crippen MR) is 153 cm³/mol. The van der Waals surface area contributed by atoms with Crippen LogP contribution in [0, 0.1) is 5.92 Å². The summed E-state index contributed by atoms with van der Waals surface area (Å²) in [7, 11) is 0. The van der Waals surface area contributed by atoms with Crippen molar-refractivity contribution < 1.29 is 34.5 Å². The molecule has 0 heterocycles. The zero-order valence-corrected chi connectivity index (χ0v) is 23.6. The zero-order chi connectivity index (χ0) is 29.8. The number of carbonyl (C=O) groups is 4. The van der Waals surface area contributed by atoms with E-state index in [9.17, 15) is 34.5 Å². The lowest BCUT2D eigenvalue weighted by molar-refractivity contribution is -0.142. The summed E-state index contributed by atoms with van der Waals surface area (Å²) < 4.78 is 0. The molecular formula is C28H38N4O7S. The minimum atomic E-state index is -1.31. The number of carboxylic acid groups (broad SMARTS) is 1. The Labute approximate surface area is 237 Å². The number of hydrogen-bond donors (Lipinski definition) is 7. The molecule has 0 aliphatic heterocycles. The number of phenolic OH excluding ortho intramolecular Hbond substituents is 2. The molecule has 0 saturated carbocycles. The molecule has 2 aromatic carbocycles. The highest BCUT2D eigenvalue weighted by molar-refractivity contribution is 7.98. The fourth-order valence-corrected chi connectivity index (χ4v) is 4.24. The average Bonchev–Trinajstić information content (AvgIpc) is 2.91. The maximum atomic E-state index is 13.4. The number of carbonyl (C=O) groups excluding carboxylic acids is 3. The van der Waals surface area contributed by atoms with E-state index < -0.39 is 47.9 Å². The molecule has 2 rings (SSSR count). The number of rotatable bonds is 15. The maximum Gasteiger partial charge on any atom is 0.326 e. The summed E-state index contributed by atoms with van der Waals surface area (Å²) in [5.41, 5.74) is 7.13. The highest BCUT2D eigenvalue weighted by Gasteiger charge is 2.31. The van der Waals surface area contributed by atoms with Gasteiger partial charge in [-0.3, -0.25) is 14.4 Å². The Morgan fingerprint density at radius 1 is 0.750 bits per heavy atom. The second-order valence-corrected chi connectivity index (χ2v) is 10.8. The van der Waals surface area contributed by atoms with E-state index in [0.29, 0.717) is 16.9 Å². The van der Waals surface area contributed by atoms with Gasteiger partial charge in [0.25, 0.3) is 0 Å². The highest BCUT2D eigenvalue weighted by atomic mass is 32.2. The first-order valence-corrected chi connectivity index (χ1v) is 14.2. The number of aromatic hydroxyl groups is 2. The Morgan fingerprint density at radius 3 is 1.62 bits per heavy atom. The lowest BCUT2D eigenvalue weighted by atomic mass is 10.0. The number of thioether (sulfide) groups is 1. The summed E-state index contributed by atoms with van der Waals surface area (Å²) in [6.07, 6.45) is 2.09. The van der Waals surface area contributed by atoms with Crippen LogP contribution in [0.5, 0.6) is 11.5 Å². The predicted octanol–water partition coefficient (Wildman–Crippen LogP) is 1.16. The normalized spacial score (nSPS) is 14.0. The van der Waals surface area contributed by atoms with Gasteiger partial charge in [-0.1, -0.05) is 38.1 Å². The fourth-order valence-electron chi connectivity index (χ4n) is 3.76. The van der Waals surface area contributed by atoms with Crippen LogP contribution >= 0.6 is 11.8 Å². The van der Waals surface area contributed by atoms with Gasteiger partial charge in [-0.2, -0.15) is 11.8 Å². The Morgan fingerprint density at radius 2 is 1.18 bits per heavy atom. The van der Waals surface area contributed by atoms with Gasteiger partial charge in [-0.15, -0.1) is 0 Å². The number of benzene rings is 2. The van der Waals surface area contributed by atoms with Gasteiger partial charge in [0.05, 0.1) is 6.04 Å². The molecule has 4 unspecified atom stereocenters. The maximum absolute atomic E-state index is 13.4. The molecule has 0 aliphatic carbocycles. The summed E-state index contributed by atoms with van der Waals surface area (Å²) in [5.74, 6) is -2.66. The smallest absolute Gasteiger partial charge is 0.326 e. The van der Waals surface area contributed by atoms with Crippen molar-refractivity contribution in [2.45, 2.75) is 57.3 Å². The summed E-state index contributed by atoms with van der Waals surface area (Å²) >= 11 is 1.49. The SMILES string of the molecule is CSCCC(NC(=O)C(N)C(C)C)C(=O)NC(Cc1ccc(O)cc1)C(=O)NC(Cc1ccc(O)cc1)C(=O)O. The first-order valence-electron chi connectivity index (χ1n) is 12.9. The Kier molecular flexibility index (Phi) is 12.8. The van der Waals surface area contributed by atoms with Gasteiger partial charge in [0, 0.05) is 12.8 Å². The third kappa shape index (κ3) is 10.4. The van der Waals surface area contributed by atoms with E-state index in [0.717, 1.165) is 0 Å². The van der Waals surface area contributed by atoms with Gasteiger partial charge in [0.15, 0.2) is 0 Å². The van der Waals surface area contributed by atoms with Crippen molar-refractivity contribution in [1.29, 1.82) is 0 Å². The third-order valence-corrected chi connectivity index (χ3v) is 6.91. The minimum Gasteiger partial charge on any atom is -0.508 e. The molecule has 2 aromatic rings. The molecule has 11 nitrogen and oxygen atoms in total. The quantitative estimate of drug-likeness (QED) is 0.164. The summed E-state index contributed by atoms with van der Waals surface area (Å²) in [6, 6.07) is 7.68. The van der Waals surface area contributed by atoms with Gasteiger partial charge >= 0.3 is 5.97 Å². The molecule has 0 bridgehead atoms. The van der Waals surface area contributed by atoms with Gasteiger partial charge in [-0.25, -0.2) is 4.79 Å². The summed E-state index contributed by atoms with van der Waals surface area (Å²) in [6.45, 7) is 3.58. The lowest BCUT2D eigenvalue weighted by Crippen LogP contribution is -2.58. The van der Waals surface area contributed by atoms with Crippen molar-refractivity contribution >= 4 is 35.5 Å². The van der Waals surface area contributed by atoms with E-state index in [-0.39, 0.29) is 36.7 Å². The van der Waals surface area contributed by atoms with E-state index in [1.165, 1.54) is 36.0 Å². The zero-order valence-electron chi connectivity index (χ0n) is 22.8. The number of amides is 3. The number of nitrogens with one attached hydrogen (secondary N) is 3. The van der Waals surface area contributed by atoms with E-state index in [1.807, 2.05) is 6.26 Å². The number of hydrogen-bond acceptors (Lipinski definition) is 8. The lowest BCUT2D eigenvalue weighted by Gasteiger charge is -2.26. The number of carboxylic acids is 1. The van der Waals surface area contributed by atoms with Crippen LogP contribution in [0.25, 0.3) is 0 Å². The molecule has 0 radical (unpaired) electrons. The Balaban J connectivity index is 2.27. The van der Waals surface area contributed by atoms with Crippen molar-refractivity contribution in [1.82, 2.24) is 16.0 Å². The van der Waals surface area contributed by atoms with Gasteiger partial charge in [0.2, 0.25) is 17.7 Å². The van der Waals surface area contributed by atoms with Crippen molar-refractivity contribution in [2.24, 2.45) is 11.7 Å². The number of aliphatic carboxylic acids is 1. The largest absolute Gasteiger partial charge is 0.508 e. The van der Waals surface area contributed by atoms with Crippen molar-refractivity contribution in [2.75, 3.05) is 12.0 Å². The van der Waals surface area contributed by atoms with Crippen LogP contribution in [0.2, 0.25) is 0 Å². The molecule has 4 atom stereocenters. The Bertz CT molecular complexity index is 1140. The van der Waals surface area contributed by atoms with Crippen LogP contribution in [-0.2, 0) is 32.0 Å². The standard InChI is InChI=1S/C28H38N4O7S/c1-16(2)24(29)27(37)30-21(12-13-40-3)25(35)31-22(14-17-4-8-19(33)9-5-17)26(36)32-23(28(38)39)15-18-6-10-20(34)11-7-18/h4-11,16,21-24,33-34H,12-15,29H2,1-3H3,(H,30,37)(H,31,35)(H,32,36)(H,38,39). The van der Waals surface area contributed by atoms with E-state index in [4.69, 9.17) is 5.73 Å². The summed E-state index contributed by atoms with van der Waals surface area (Å²) in [5, 5.41) is 36.7. The van der Waals surface area contributed by atoms with E-state index >= 15 is 0 Å². The van der Waals surface area contributed by atoms with Crippen molar-refractivity contribution in [3.63, 3.8) is 0 Å². The van der Waals surface area contributed by atoms with Crippen LogP contribution in [0.1, 0.15) is 31.4 Å². The van der Waals surface area contributed by atoms with E-state index in [2.05, 4.69) is 16.0 Å². The van der Waals surface area contributed by atoms with Crippen LogP contribution in [0.3, 0.4) is 0 Å². The monoisotopic (exact) mass is 574 g/mol. The molecule has 0 saturated heterocycles. The van der Waals surface area contributed by atoms with Crippen LogP contribution in [-0.4, -0.2) is 75.2 Å². The second kappa shape index (κ2) is 15.7. The van der Waals surface area contributed by atoms with Gasteiger partial charge in [-0.05, 0) is 59.7 Å². The average molecular weight is 575 g/mol. The summed E-state index contributed by atoms with van der Waals surface area (Å²) in [4.78, 5) is 51.3. The number of phenols is 2. The van der Waals surface area contributed by atoms with E-state index in [1.54, 1.807) is 38.1 Å². The first kappa shape index (κ1) is 32.4. The molecule has 218 valence electrons. The minimum absolute atomic E-state index is 0.00188. The highest BCUT2D eigenvalue weighted by Crippen LogP contribution is 2.14. The number of nitrogens with two attached hydrogens (primary N) is 1. The first-order chi connectivity index (χ1) is 18.9. The molecular weight excluding hydrogens is 536 g/mol. The van der Waals surface area contributed by atoms with Gasteiger partial charge < -0.3 is 37.0 Å². The van der Waals surface area contributed by atoms with Crippen LogP contribution in [0.15, 0.2) is 48.5 Å².